The van der Waals surface area contributed by atoms with Crippen LogP contribution in [-0.4, -0.2) is 11.4 Å². The van der Waals surface area contributed by atoms with Crippen molar-refractivity contribution in [2.24, 2.45) is 0 Å². The highest BCUT2D eigenvalue weighted by Crippen LogP contribution is 2.21. The van der Waals surface area contributed by atoms with Crippen molar-refractivity contribution in [3.05, 3.63) is 42.1 Å². The molecule has 0 atom stereocenters. The fourth-order valence-electron chi connectivity index (χ4n) is 1.14. The van der Waals surface area contributed by atoms with Gasteiger partial charge in [-0.1, -0.05) is 35.5 Å². The molecule has 0 unspecified atom stereocenters. The summed E-state index contributed by atoms with van der Waals surface area (Å²) in [6.07, 6.45) is 2.15. The van der Waals surface area contributed by atoms with Crippen molar-refractivity contribution in [2.45, 2.75) is 0 Å². The van der Waals surface area contributed by atoms with Crippen LogP contribution in [0.1, 0.15) is 10.4 Å². The van der Waals surface area contributed by atoms with Gasteiger partial charge >= 0.3 is 0 Å². The summed E-state index contributed by atoms with van der Waals surface area (Å²) in [7, 11) is 0. The first kappa shape index (κ1) is 7.73. The van der Waals surface area contributed by atoms with Gasteiger partial charge in [0, 0.05) is 5.56 Å². The second-order valence-electron chi connectivity index (χ2n) is 2.59. The number of aromatic nitrogens is 1. The lowest BCUT2D eigenvalue weighted by molar-refractivity contribution is 0.112. The van der Waals surface area contributed by atoms with E-state index in [1.165, 1.54) is 6.20 Å². The van der Waals surface area contributed by atoms with Gasteiger partial charge < -0.3 is 4.52 Å². The van der Waals surface area contributed by atoms with Crippen molar-refractivity contribution in [1.82, 2.24) is 5.16 Å². The van der Waals surface area contributed by atoms with Gasteiger partial charge in [-0.05, 0) is 0 Å². The standard InChI is InChI=1S/C10H7NO2/c12-7-9-6-11-13-10(9)8-4-2-1-3-5-8/h1-7H. The number of hydrogen-bond donors (Lipinski definition) is 0. The molecule has 0 amide bonds. The van der Waals surface area contributed by atoms with Crippen LogP contribution < -0.4 is 0 Å². The van der Waals surface area contributed by atoms with Crippen molar-refractivity contribution in [1.29, 1.82) is 0 Å². The molecule has 2 aromatic rings. The zero-order valence-corrected chi connectivity index (χ0v) is 6.81. The lowest BCUT2D eigenvalue weighted by Crippen LogP contribution is -1.79. The highest BCUT2D eigenvalue weighted by atomic mass is 16.5. The van der Waals surface area contributed by atoms with Crippen LogP contribution in [0.5, 0.6) is 0 Å². The van der Waals surface area contributed by atoms with Crippen molar-refractivity contribution in [3.8, 4) is 11.3 Å². The Morgan fingerprint density at radius 3 is 2.69 bits per heavy atom. The highest BCUT2D eigenvalue weighted by molar-refractivity contribution is 5.84. The van der Waals surface area contributed by atoms with Gasteiger partial charge in [0.15, 0.2) is 12.0 Å². The average molecular weight is 173 g/mol. The topological polar surface area (TPSA) is 43.1 Å². The second kappa shape index (κ2) is 3.23. The molecule has 1 aromatic carbocycles. The molecule has 1 aromatic heterocycles. The molecule has 0 spiro atoms. The Labute approximate surface area is 75.0 Å². The monoisotopic (exact) mass is 173 g/mol. The Balaban J connectivity index is 2.52. The lowest BCUT2D eigenvalue weighted by atomic mass is 10.1. The van der Waals surface area contributed by atoms with E-state index in [2.05, 4.69) is 5.16 Å². The normalized spacial score (nSPS) is 9.85. The molecule has 1 heterocycles. The molecule has 0 N–H and O–H groups in total. The molecule has 3 heteroatoms. The second-order valence-corrected chi connectivity index (χ2v) is 2.59. The van der Waals surface area contributed by atoms with Gasteiger partial charge in [0.05, 0.1) is 11.8 Å². The van der Waals surface area contributed by atoms with E-state index in [-0.39, 0.29) is 0 Å². The van der Waals surface area contributed by atoms with Crippen LogP contribution in [0.2, 0.25) is 0 Å². The number of rotatable bonds is 2. The molecule has 0 aliphatic rings. The Bertz CT molecular complexity index is 406. The van der Waals surface area contributed by atoms with Gasteiger partial charge in [-0.15, -0.1) is 0 Å². The third-order valence-electron chi connectivity index (χ3n) is 1.76. The van der Waals surface area contributed by atoms with Gasteiger partial charge in [-0.25, -0.2) is 0 Å². The Hall–Kier alpha value is -1.90. The van der Waals surface area contributed by atoms with Crippen molar-refractivity contribution in [3.63, 3.8) is 0 Å². The summed E-state index contributed by atoms with van der Waals surface area (Å²) >= 11 is 0. The summed E-state index contributed by atoms with van der Waals surface area (Å²) in [5, 5.41) is 3.56. The predicted octanol–water partition coefficient (Wildman–Crippen LogP) is 2.15. The Morgan fingerprint density at radius 2 is 2.00 bits per heavy atom. The van der Waals surface area contributed by atoms with Gasteiger partial charge in [-0.3, -0.25) is 4.79 Å². The zero-order valence-electron chi connectivity index (χ0n) is 6.81. The van der Waals surface area contributed by atoms with E-state index in [0.717, 1.165) is 11.8 Å². The maximum Gasteiger partial charge on any atom is 0.177 e. The fourth-order valence-corrected chi connectivity index (χ4v) is 1.14. The van der Waals surface area contributed by atoms with E-state index in [1.54, 1.807) is 0 Å². The molecule has 0 aliphatic heterocycles. The summed E-state index contributed by atoms with van der Waals surface area (Å²) in [6.45, 7) is 0. The number of carbonyl (C=O) groups is 1. The number of aldehydes is 1. The molecular weight excluding hydrogens is 166 g/mol. The van der Waals surface area contributed by atoms with E-state index < -0.39 is 0 Å². The highest BCUT2D eigenvalue weighted by Gasteiger charge is 2.08. The fraction of sp³-hybridized carbons (Fsp3) is 0. The minimum absolute atomic E-state index is 0.478. The maximum atomic E-state index is 10.6. The van der Waals surface area contributed by atoms with Crippen LogP contribution in [0.3, 0.4) is 0 Å². The average Bonchev–Trinajstić information content (AvgIpc) is 2.67. The molecule has 0 saturated carbocycles. The predicted molar refractivity (Wildman–Crippen MR) is 47.3 cm³/mol. The van der Waals surface area contributed by atoms with Gasteiger partial charge in [0.25, 0.3) is 0 Å². The summed E-state index contributed by atoms with van der Waals surface area (Å²) in [4.78, 5) is 10.6. The van der Waals surface area contributed by atoms with E-state index >= 15 is 0 Å². The number of nitrogens with zero attached hydrogens (tertiary/aromatic N) is 1. The van der Waals surface area contributed by atoms with Crippen LogP contribution in [0, 0.1) is 0 Å². The van der Waals surface area contributed by atoms with E-state index in [4.69, 9.17) is 4.52 Å². The molecular formula is C10H7NO2. The molecule has 64 valence electrons. The quantitative estimate of drug-likeness (QED) is 0.653. The van der Waals surface area contributed by atoms with E-state index in [9.17, 15) is 4.79 Å². The minimum Gasteiger partial charge on any atom is -0.356 e. The molecule has 13 heavy (non-hydrogen) atoms. The van der Waals surface area contributed by atoms with E-state index in [0.29, 0.717) is 11.3 Å². The van der Waals surface area contributed by atoms with E-state index in [1.807, 2.05) is 30.3 Å². The molecule has 3 nitrogen and oxygen atoms in total. The molecule has 0 saturated heterocycles. The first-order chi connectivity index (χ1) is 6.42. The van der Waals surface area contributed by atoms with Crippen LogP contribution in [-0.2, 0) is 0 Å². The van der Waals surface area contributed by atoms with Crippen molar-refractivity contribution in [2.75, 3.05) is 0 Å². The summed E-state index contributed by atoms with van der Waals surface area (Å²) in [5.74, 6) is 0.524. The van der Waals surface area contributed by atoms with Crippen LogP contribution in [0.4, 0.5) is 0 Å². The van der Waals surface area contributed by atoms with Crippen LogP contribution in [0.15, 0.2) is 41.1 Å². The van der Waals surface area contributed by atoms with Gasteiger partial charge in [0.1, 0.15) is 0 Å². The number of benzene rings is 1. The molecule has 0 aliphatic carbocycles. The van der Waals surface area contributed by atoms with Crippen LogP contribution >= 0.6 is 0 Å². The molecule has 2 rings (SSSR count). The minimum atomic E-state index is 0.478. The third kappa shape index (κ3) is 1.36. The Morgan fingerprint density at radius 1 is 1.23 bits per heavy atom. The largest absolute Gasteiger partial charge is 0.356 e. The Kier molecular flexibility index (Phi) is 1.92. The first-order valence-electron chi connectivity index (χ1n) is 3.87. The molecule has 0 radical (unpaired) electrons. The smallest absolute Gasteiger partial charge is 0.177 e. The molecule has 0 bridgehead atoms. The zero-order chi connectivity index (χ0) is 9.10. The van der Waals surface area contributed by atoms with Crippen molar-refractivity contribution < 1.29 is 9.32 Å². The third-order valence-corrected chi connectivity index (χ3v) is 1.76. The number of carbonyl (C=O) groups excluding carboxylic acids is 1. The summed E-state index contributed by atoms with van der Waals surface area (Å²) in [5.41, 5.74) is 1.34. The van der Waals surface area contributed by atoms with Crippen LogP contribution in [0.25, 0.3) is 11.3 Å². The summed E-state index contributed by atoms with van der Waals surface area (Å²) < 4.78 is 4.96. The first-order valence-corrected chi connectivity index (χ1v) is 3.87. The molecule has 0 fully saturated rings. The SMILES string of the molecule is O=Cc1cnoc1-c1ccccc1. The lowest BCUT2D eigenvalue weighted by Gasteiger charge is -1.93. The summed E-state index contributed by atoms with van der Waals surface area (Å²) in [6, 6.07) is 9.40. The number of hydrogen-bond acceptors (Lipinski definition) is 3. The van der Waals surface area contributed by atoms with Crippen molar-refractivity contribution >= 4 is 6.29 Å². The van der Waals surface area contributed by atoms with Gasteiger partial charge in [0.2, 0.25) is 0 Å². The van der Waals surface area contributed by atoms with Gasteiger partial charge in [-0.2, -0.15) is 0 Å². The maximum absolute atomic E-state index is 10.6.